The number of carbonyl (C=O) groups excluding carboxylic acids is 1. The number of amides is 1. The Balaban J connectivity index is 1.58. The third kappa shape index (κ3) is 4.45. The number of nitrogens with one attached hydrogen (secondary N) is 1. The minimum absolute atomic E-state index is 0.224. The summed E-state index contributed by atoms with van der Waals surface area (Å²) in [5.41, 5.74) is 3.14. The molecule has 1 aromatic carbocycles. The van der Waals surface area contributed by atoms with Crippen LogP contribution in [0.3, 0.4) is 0 Å². The molecule has 2 heterocycles. The summed E-state index contributed by atoms with van der Waals surface area (Å²) < 4.78 is 5.48. The van der Waals surface area contributed by atoms with Gasteiger partial charge in [-0.1, -0.05) is 0 Å². The highest BCUT2D eigenvalue weighted by molar-refractivity contribution is 7.07. The molecule has 2 aromatic heterocycles. The Morgan fingerprint density at radius 3 is 2.61 bits per heavy atom. The third-order valence-electron chi connectivity index (χ3n) is 2.73. The molecule has 3 rings (SSSR count). The van der Waals surface area contributed by atoms with Crippen LogP contribution >= 0.6 is 11.3 Å². The molecule has 0 aliphatic heterocycles. The molecule has 0 spiro atoms. The molecule has 0 aliphatic rings. The number of thiazole rings is 1. The second kappa shape index (κ2) is 7.28. The van der Waals surface area contributed by atoms with Gasteiger partial charge in [0.15, 0.2) is 0 Å². The fraction of sp³-hybridized carbons (Fsp3) is 0. The van der Waals surface area contributed by atoms with Crippen molar-refractivity contribution >= 4 is 29.0 Å². The summed E-state index contributed by atoms with van der Waals surface area (Å²) in [6.45, 7) is 0. The summed E-state index contributed by atoms with van der Waals surface area (Å²) in [5.74, 6) is 0.366. The quantitative estimate of drug-likeness (QED) is 0.728. The average molecular weight is 324 g/mol. The van der Waals surface area contributed by atoms with Crippen molar-refractivity contribution in [3.8, 4) is 11.8 Å². The van der Waals surface area contributed by atoms with Gasteiger partial charge in [-0.25, -0.2) is 15.0 Å². The largest absolute Gasteiger partial charge is 0.424 e. The van der Waals surface area contributed by atoms with Gasteiger partial charge < -0.3 is 10.1 Å². The first-order chi connectivity index (χ1) is 11.3. The van der Waals surface area contributed by atoms with Gasteiger partial charge in [-0.05, 0) is 36.4 Å². The van der Waals surface area contributed by atoms with E-state index in [0.29, 0.717) is 11.4 Å². The fourth-order valence-corrected chi connectivity index (χ4v) is 2.22. The van der Waals surface area contributed by atoms with Crippen LogP contribution in [-0.4, -0.2) is 20.9 Å². The monoisotopic (exact) mass is 324 g/mol. The van der Waals surface area contributed by atoms with Crippen molar-refractivity contribution in [3.63, 3.8) is 0 Å². The molecule has 23 heavy (non-hydrogen) atoms. The zero-order valence-electron chi connectivity index (χ0n) is 11.9. The van der Waals surface area contributed by atoms with Crippen molar-refractivity contribution in [2.24, 2.45) is 0 Å². The van der Waals surface area contributed by atoms with Crippen molar-refractivity contribution < 1.29 is 9.53 Å². The van der Waals surface area contributed by atoms with E-state index in [0.717, 1.165) is 5.69 Å². The highest BCUT2D eigenvalue weighted by Crippen LogP contribution is 2.19. The Morgan fingerprint density at radius 2 is 1.91 bits per heavy atom. The Hall–Kier alpha value is -3.06. The maximum absolute atomic E-state index is 11.8. The first-order valence-electron chi connectivity index (χ1n) is 6.72. The van der Waals surface area contributed by atoms with Gasteiger partial charge in [0.05, 0.1) is 11.2 Å². The summed E-state index contributed by atoms with van der Waals surface area (Å²) in [5, 5.41) is 4.62. The number of aromatic nitrogens is 3. The summed E-state index contributed by atoms with van der Waals surface area (Å²) in [4.78, 5) is 23.8. The van der Waals surface area contributed by atoms with Gasteiger partial charge in [-0.3, -0.25) is 4.79 Å². The van der Waals surface area contributed by atoms with E-state index in [-0.39, 0.29) is 11.9 Å². The summed E-state index contributed by atoms with van der Waals surface area (Å²) in [6.07, 6.45) is 6.31. The van der Waals surface area contributed by atoms with Crippen molar-refractivity contribution in [3.05, 3.63) is 65.4 Å². The van der Waals surface area contributed by atoms with Crippen LogP contribution in [0.1, 0.15) is 5.69 Å². The van der Waals surface area contributed by atoms with Crippen LogP contribution in [0.25, 0.3) is 6.08 Å². The molecule has 0 fully saturated rings. The van der Waals surface area contributed by atoms with Gasteiger partial charge in [-0.15, -0.1) is 11.3 Å². The van der Waals surface area contributed by atoms with E-state index in [2.05, 4.69) is 20.3 Å². The second-order valence-electron chi connectivity index (χ2n) is 4.39. The lowest BCUT2D eigenvalue weighted by atomic mass is 10.3. The van der Waals surface area contributed by atoms with Crippen LogP contribution in [0.15, 0.2) is 59.7 Å². The van der Waals surface area contributed by atoms with Gasteiger partial charge in [0, 0.05) is 29.5 Å². The van der Waals surface area contributed by atoms with E-state index >= 15 is 0 Å². The van der Waals surface area contributed by atoms with E-state index in [9.17, 15) is 4.79 Å². The average Bonchev–Trinajstić information content (AvgIpc) is 3.09. The number of hydrogen-bond acceptors (Lipinski definition) is 6. The summed E-state index contributed by atoms with van der Waals surface area (Å²) >= 11 is 1.48. The molecule has 0 saturated carbocycles. The van der Waals surface area contributed by atoms with Gasteiger partial charge in [-0.2, -0.15) is 0 Å². The highest BCUT2D eigenvalue weighted by atomic mass is 32.1. The number of nitrogens with zero attached hydrogens (tertiary/aromatic N) is 3. The molecule has 0 aliphatic carbocycles. The summed E-state index contributed by atoms with van der Waals surface area (Å²) in [6, 6.07) is 8.94. The molecule has 0 atom stereocenters. The van der Waals surface area contributed by atoms with Crippen LogP contribution in [-0.2, 0) is 4.79 Å². The smallest absolute Gasteiger partial charge is 0.321 e. The molecule has 3 aromatic rings. The number of benzene rings is 1. The van der Waals surface area contributed by atoms with Crippen molar-refractivity contribution in [2.75, 3.05) is 5.32 Å². The number of anilines is 1. The van der Waals surface area contributed by atoms with E-state index in [1.165, 1.54) is 17.4 Å². The molecule has 1 N–H and O–H groups in total. The van der Waals surface area contributed by atoms with E-state index in [1.807, 2.05) is 5.38 Å². The third-order valence-corrected chi connectivity index (χ3v) is 3.33. The maximum atomic E-state index is 11.8. The Bertz CT molecular complexity index is 787. The fourth-order valence-electron chi connectivity index (χ4n) is 1.70. The molecular weight excluding hydrogens is 312 g/mol. The molecule has 0 bridgehead atoms. The SMILES string of the molecule is O=C(/C=C\c1cscn1)Nc1ccc(Oc2ncccn2)cc1. The Kier molecular flexibility index (Phi) is 4.70. The predicted octanol–water partition coefficient (Wildman–Crippen LogP) is 3.38. The zero-order valence-corrected chi connectivity index (χ0v) is 12.7. The molecule has 0 saturated heterocycles. The molecule has 0 unspecified atom stereocenters. The minimum atomic E-state index is -0.224. The predicted molar refractivity (Wildman–Crippen MR) is 88.3 cm³/mol. The van der Waals surface area contributed by atoms with Crippen LogP contribution in [0, 0.1) is 0 Å². The number of rotatable bonds is 5. The van der Waals surface area contributed by atoms with Crippen molar-refractivity contribution in [1.82, 2.24) is 15.0 Å². The lowest BCUT2D eigenvalue weighted by Gasteiger charge is -2.05. The number of hydrogen-bond donors (Lipinski definition) is 1. The molecule has 0 radical (unpaired) electrons. The van der Waals surface area contributed by atoms with Crippen LogP contribution in [0.2, 0.25) is 0 Å². The molecule has 7 heteroatoms. The zero-order chi connectivity index (χ0) is 15.9. The Labute approximate surface area is 136 Å². The standard InChI is InChI=1S/C16H12N4O2S/c21-15(7-4-13-10-23-11-19-13)20-12-2-5-14(6-3-12)22-16-17-8-1-9-18-16/h1-11H,(H,20,21)/b7-4-. The normalized spacial score (nSPS) is 10.6. The van der Waals surface area contributed by atoms with Gasteiger partial charge >= 0.3 is 6.01 Å². The van der Waals surface area contributed by atoms with Crippen LogP contribution in [0.4, 0.5) is 5.69 Å². The Morgan fingerprint density at radius 1 is 1.13 bits per heavy atom. The lowest BCUT2D eigenvalue weighted by Crippen LogP contribution is -2.07. The second-order valence-corrected chi connectivity index (χ2v) is 5.11. The topological polar surface area (TPSA) is 77.0 Å². The number of carbonyl (C=O) groups is 1. The number of ether oxygens (including phenoxy) is 1. The van der Waals surface area contributed by atoms with E-state index in [1.54, 1.807) is 54.3 Å². The van der Waals surface area contributed by atoms with Gasteiger partial charge in [0.2, 0.25) is 5.91 Å². The maximum Gasteiger partial charge on any atom is 0.321 e. The van der Waals surface area contributed by atoms with Gasteiger partial charge in [0.1, 0.15) is 5.75 Å². The first kappa shape index (κ1) is 14.9. The highest BCUT2D eigenvalue weighted by Gasteiger charge is 2.01. The van der Waals surface area contributed by atoms with Crippen LogP contribution < -0.4 is 10.1 Å². The van der Waals surface area contributed by atoms with E-state index < -0.39 is 0 Å². The first-order valence-corrected chi connectivity index (χ1v) is 7.66. The summed E-state index contributed by atoms with van der Waals surface area (Å²) in [7, 11) is 0. The molecule has 6 nitrogen and oxygen atoms in total. The molecule has 1 amide bonds. The minimum Gasteiger partial charge on any atom is -0.424 e. The van der Waals surface area contributed by atoms with E-state index in [4.69, 9.17) is 4.74 Å². The lowest BCUT2D eigenvalue weighted by molar-refractivity contribution is -0.111. The van der Waals surface area contributed by atoms with Crippen LogP contribution in [0.5, 0.6) is 11.8 Å². The molecule has 114 valence electrons. The van der Waals surface area contributed by atoms with Crippen molar-refractivity contribution in [1.29, 1.82) is 0 Å². The molecular formula is C16H12N4O2S. The van der Waals surface area contributed by atoms with Gasteiger partial charge in [0.25, 0.3) is 0 Å². The van der Waals surface area contributed by atoms with Crippen molar-refractivity contribution in [2.45, 2.75) is 0 Å².